The van der Waals surface area contributed by atoms with Crippen LogP contribution in [0.1, 0.15) is 10.5 Å². The quantitative estimate of drug-likeness (QED) is 0.472. The van der Waals surface area contributed by atoms with E-state index in [4.69, 9.17) is 9.47 Å². The van der Waals surface area contributed by atoms with E-state index >= 15 is 0 Å². The van der Waals surface area contributed by atoms with Gasteiger partial charge in [-0.15, -0.1) is 0 Å². The molecule has 0 aromatic carbocycles. The summed E-state index contributed by atoms with van der Waals surface area (Å²) >= 11 is 6.44. The van der Waals surface area contributed by atoms with Crippen LogP contribution < -0.4 is 4.74 Å². The van der Waals surface area contributed by atoms with Gasteiger partial charge < -0.3 is 14.2 Å². The summed E-state index contributed by atoms with van der Waals surface area (Å²) in [6.45, 7) is 0.0197. The predicted octanol–water partition coefficient (Wildman–Crippen LogP) is 2.38. The molecular weight excluding hydrogens is 346 g/mol. The summed E-state index contributed by atoms with van der Waals surface area (Å²) in [6.07, 6.45) is 0. The summed E-state index contributed by atoms with van der Waals surface area (Å²) in [5.41, 5.74) is 0.0841. The number of nitrogens with zero attached hydrogens (tertiary/aromatic N) is 1. The normalized spacial score (nSPS) is 10.0. The van der Waals surface area contributed by atoms with Gasteiger partial charge in [-0.3, -0.25) is 0 Å². The van der Waals surface area contributed by atoms with E-state index in [-0.39, 0.29) is 18.2 Å². The van der Waals surface area contributed by atoms with Gasteiger partial charge in [0.2, 0.25) is 0 Å². The zero-order valence-electron chi connectivity index (χ0n) is 8.62. The van der Waals surface area contributed by atoms with Gasteiger partial charge in [-0.25, -0.2) is 9.78 Å². The summed E-state index contributed by atoms with van der Waals surface area (Å²) in [5.74, 6) is -0.287. The van der Waals surface area contributed by atoms with Crippen molar-refractivity contribution < 1.29 is 19.0 Å². The molecule has 1 rings (SSSR count). The predicted molar refractivity (Wildman–Crippen MR) is 63.5 cm³/mol. The number of pyridine rings is 1. The molecule has 88 valence electrons. The van der Waals surface area contributed by atoms with Gasteiger partial charge in [0.25, 0.3) is 0 Å². The summed E-state index contributed by atoms with van der Waals surface area (Å²) in [7, 11) is 2.76. The lowest BCUT2D eigenvalue weighted by molar-refractivity contribution is 0.0452. The van der Waals surface area contributed by atoms with E-state index in [1.54, 1.807) is 6.07 Å². The molecule has 0 saturated heterocycles. The molecule has 1 aromatic heterocycles. The van der Waals surface area contributed by atoms with Crippen LogP contribution >= 0.6 is 31.9 Å². The average Bonchev–Trinajstić information content (AvgIpc) is 2.26. The van der Waals surface area contributed by atoms with Gasteiger partial charge in [-0.1, -0.05) is 0 Å². The number of methoxy groups -OCH3 is 2. The average molecular weight is 355 g/mol. The third kappa shape index (κ3) is 3.16. The summed E-state index contributed by atoms with van der Waals surface area (Å²) < 4.78 is 15.7. The first-order valence-corrected chi connectivity index (χ1v) is 5.74. The first-order valence-electron chi connectivity index (χ1n) is 4.16. The maximum atomic E-state index is 11.5. The highest BCUT2D eigenvalue weighted by Crippen LogP contribution is 2.31. The highest BCUT2D eigenvalue weighted by molar-refractivity contribution is 9.11. The second-order valence-corrected chi connectivity index (χ2v) is 4.31. The standard InChI is InChI=1S/C9H9Br2NO4/c1-14-4-16-8-5(10)3-6(11)12-7(8)9(13)15-2/h3H,4H2,1-2H3. The number of halogens is 2. The summed E-state index contributed by atoms with van der Waals surface area (Å²) in [5, 5.41) is 0. The molecule has 0 aliphatic rings. The number of carbonyl (C=O) groups is 1. The molecule has 0 atom stereocenters. The lowest BCUT2D eigenvalue weighted by atomic mass is 10.3. The monoisotopic (exact) mass is 353 g/mol. The van der Waals surface area contributed by atoms with Crippen molar-refractivity contribution in [3.63, 3.8) is 0 Å². The van der Waals surface area contributed by atoms with Crippen molar-refractivity contribution in [1.29, 1.82) is 0 Å². The Balaban J connectivity index is 3.15. The lowest BCUT2D eigenvalue weighted by Gasteiger charge is -2.10. The summed E-state index contributed by atoms with van der Waals surface area (Å²) in [6, 6.07) is 1.66. The largest absolute Gasteiger partial charge is 0.464 e. The SMILES string of the molecule is COCOc1c(Br)cc(Br)nc1C(=O)OC. The van der Waals surface area contributed by atoms with Crippen molar-refractivity contribution in [1.82, 2.24) is 4.98 Å². The summed E-state index contributed by atoms with van der Waals surface area (Å²) in [4.78, 5) is 15.4. The van der Waals surface area contributed by atoms with Crippen molar-refractivity contribution >= 4 is 37.8 Å². The van der Waals surface area contributed by atoms with Crippen LogP contribution in [-0.4, -0.2) is 32.0 Å². The Morgan fingerprint density at radius 2 is 2.12 bits per heavy atom. The molecule has 0 amide bonds. The maximum Gasteiger partial charge on any atom is 0.360 e. The van der Waals surface area contributed by atoms with E-state index in [1.807, 2.05) is 0 Å². The first kappa shape index (κ1) is 13.4. The Labute approximate surface area is 109 Å². The van der Waals surface area contributed by atoms with Crippen LogP contribution in [0.4, 0.5) is 0 Å². The number of carbonyl (C=O) groups excluding carboxylic acids is 1. The zero-order chi connectivity index (χ0) is 12.1. The Bertz CT molecular complexity index is 397. The minimum absolute atomic E-state index is 0.0197. The fraction of sp³-hybridized carbons (Fsp3) is 0.333. The Kier molecular flexibility index (Phi) is 5.17. The highest BCUT2D eigenvalue weighted by atomic mass is 79.9. The number of hydrogen-bond acceptors (Lipinski definition) is 5. The third-order valence-corrected chi connectivity index (χ3v) is 2.59. The minimum atomic E-state index is -0.576. The van der Waals surface area contributed by atoms with Crippen molar-refractivity contribution in [2.45, 2.75) is 0 Å². The Morgan fingerprint density at radius 1 is 1.44 bits per heavy atom. The van der Waals surface area contributed by atoms with Gasteiger partial charge >= 0.3 is 5.97 Å². The molecule has 0 N–H and O–H groups in total. The second-order valence-electron chi connectivity index (χ2n) is 2.65. The minimum Gasteiger partial charge on any atom is -0.464 e. The topological polar surface area (TPSA) is 57.7 Å². The highest BCUT2D eigenvalue weighted by Gasteiger charge is 2.19. The van der Waals surface area contributed by atoms with Crippen molar-refractivity contribution in [3.8, 4) is 5.75 Å². The van der Waals surface area contributed by atoms with Crippen LogP contribution in [0, 0.1) is 0 Å². The molecule has 16 heavy (non-hydrogen) atoms. The van der Waals surface area contributed by atoms with Crippen molar-refractivity contribution in [2.24, 2.45) is 0 Å². The fourth-order valence-corrected chi connectivity index (χ4v) is 2.20. The first-order chi connectivity index (χ1) is 7.60. The molecular formula is C9H9Br2NO4. The van der Waals surface area contributed by atoms with Crippen LogP contribution in [0.3, 0.4) is 0 Å². The number of aromatic nitrogens is 1. The number of esters is 1. The third-order valence-electron chi connectivity index (χ3n) is 1.60. The van der Waals surface area contributed by atoms with Crippen LogP contribution in [0.15, 0.2) is 15.1 Å². The number of rotatable bonds is 4. The fourth-order valence-electron chi connectivity index (χ4n) is 0.963. The molecule has 5 nitrogen and oxygen atoms in total. The molecule has 7 heteroatoms. The van der Waals surface area contributed by atoms with Crippen molar-refractivity contribution in [3.05, 3.63) is 20.8 Å². The van der Waals surface area contributed by atoms with Gasteiger partial charge in [0.15, 0.2) is 18.2 Å². The Hall–Kier alpha value is -0.660. The smallest absolute Gasteiger partial charge is 0.360 e. The van der Waals surface area contributed by atoms with E-state index in [9.17, 15) is 4.79 Å². The molecule has 0 radical (unpaired) electrons. The molecule has 1 heterocycles. The molecule has 0 aliphatic heterocycles. The van der Waals surface area contributed by atoms with Gasteiger partial charge in [-0.05, 0) is 37.9 Å². The van der Waals surface area contributed by atoms with Crippen LogP contribution in [0.5, 0.6) is 5.75 Å². The van der Waals surface area contributed by atoms with E-state index in [1.165, 1.54) is 14.2 Å². The van der Waals surface area contributed by atoms with Crippen LogP contribution in [0.2, 0.25) is 0 Å². The van der Waals surface area contributed by atoms with Gasteiger partial charge in [0.1, 0.15) is 4.60 Å². The van der Waals surface area contributed by atoms with Gasteiger partial charge in [-0.2, -0.15) is 0 Å². The molecule has 0 spiro atoms. The zero-order valence-corrected chi connectivity index (χ0v) is 11.8. The molecule has 0 fully saturated rings. The number of hydrogen-bond donors (Lipinski definition) is 0. The van der Waals surface area contributed by atoms with E-state index < -0.39 is 5.97 Å². The van der Waals surface area contributed by atoms with Crippen LogP contribution in [-0.2, 0) is 9.47 Å². The molecule has 0 aliphatic carbocycles. The molecule has 0 saturated carbocycles. The number of ether oxygens (including phenoxy) is 3. The van der Waals surface area contributed by atoms with Crippen molar-refractivity contribution in [2.75, 3.05) is 21.0 Å². The molecule has 1 aromatic rings. The van der Waals surface area contributed by atoms with E-state index in [2.05, 4.69) is 41.6 Å². The molecule has 0 bridgehead atoms. The van der Waals surface area contributed by atoms with E-state index in [0.29, 0.717) is 9.08 Å². The Morgan fingerprint density at radius 3 is 2.69 bits per heavy atom. The maximum absolute atomic E-state index is 11.5. The van der Waals surface area contributed by atoms with Gasteiger partial charge in [0, 0.05) is 7.11 Å². The van der Waals surface area contributed by atoms with Gasteiger partial charge in [0.05, 0.1) is 11.6 Å². The second kappa shape index (κ2) is 6.17. The lowest BCUT2D eigenvalue weighted by Crippen LogP contribution is -2.10. The molecule has 0 unspecified atom stereocenters. The van der Waals surface area contributed by atoms with Crippen LogP contribution in [0.25, 0.3) is 0 Å². The van der Waals surface area contributed by atoms with E-state index in [0.717, 1.165) is 0 Å².